The molecule has 0 fully saturated rings. The van der Waals surface area contributed by atoms with E-state index in [-0.39, 0.29) is 6.10 Å². The molecule has 0 amide bonds. The van der Waals surface area contributed by atoms with Crippen LogP contribution in [0.2, 0.25) is 0 Å². The Kier molecular flexibility index (Phi) is 4.90. The zero-order valence-electron chi connectivity index (χ0n) is 9.33. The molecular formula is C11H19N3O. The summed E-state index contributed by atoms with van der Waals surface area (Å²) in [6.07, 6.45) is 1.55. The highest BCUT2D eigenvalue weighted by Gasteiger charge is 1.97. The Hall–Kier alpha value is -1.29. The fraction of sp³-hybridized carbons (Fsp3) is 0.545. The van der Waals surface area contributed by atoms with Gasteiger partial charge in [-0.25, -0.2) is 4.98 Å². The van der Waals surface area contributed by atoms with Gasteiger partial charge in [0, 0.05) is 13.6 Å². The molecule has 4 heteroatoms. The number of hydrogen-bond donors (Lipinski definition) is 3. The SMILES string of the molecule is CNc1cccc(NCCCC(C)O)n1. The van der Waals surface area contributed by atoms with Gasteiger partial charge in [0.2, 0.25) is 0 Å². The van der Waals surface area contributed by atoms with Crippen LogP contribution in [0.15, 0.2) is 18.2 Å². The van der Waals surface area contributed by atoms with Gasteiger partial charge in [-0.15, -0.1) is 0 Å². The van der Waals surface area contributed by atoms with Crippen molar-refractivity contribution in [2.45, 2.75) is 25.9 Å². The monoisotopic (exact) mass is 209 g/mol. The number of aliphatic hydroxyl groups excluding tert-OH is 1. The maximum atomic E-state index is 9.08. The van der Waals surface area contributed by atoms with Gasteiger partial charge in [-0.1, -0.05) is 6.07 Å². The molecule has 0 aliphatic heterocycles. The molecule has 1 atom stereocenters. The topological polar surface area (TPSA) is 57.2 Å². The van der Waals surface area contributed by atoms with Gasteiger partial charge in [-0.05, 0) is 31.9 Å². The molecule has 1 rings (SSSR count). The van der Waals surface area contributed by atoms with Gasteiger partial charge in [-0.2, -0.15) is 0 Å². The van der Waals surface area contributed by atoms with Gasteiger partial charge < -0.3 is 15.7 Å². The maximum Gasteiger partial charge on any atom is 0.128 e. The summed E-state index contributed by atoms with van der Waals surface area (Å²) in [7, 11) is 1.85. The van der Waals surface area contributed by atoms with Gasteiger partial charge in [-0.3, -0.25) is 0 Å². The Balaban J connectivity index is 2.30. The van der Waals surface area contributed by atoms with Gasteiger partial charge in [0.25, 0.3) is 0 Å². The van der Waals surface area contributed by atoms with E-state index in [0.717, 1.165) is 31.0 Å². The standard InChI is InChI=1S/C11H19N3O/c1-9(15)5-4-8-13-11-7-3-6-10(12-2)14-11/h3,6-7,9,15H,4-5,8H2,1-2H3,(H2,12,13,14). The van der Waals surface area contributed by atoms with Crippen LogP contribution < -0.4 is 10.6 Å². The van der Waals surface area contributed by atoms with E-state index < -0.39 is 0 Å². The molecule has 84 valence electrons. The van der Waals surface area contributed by atoms with Crippen LogP contribution in [0.5, 0.6) is 0 Å². The summed E-state index contributed by atoms with van der Waals surface area (Å²) in [6.45, 7) is 2.64. The summed E-state index contributed by atoms with van der Waals surface area (Å²) in [4.78, 5) is 4.32. The third-order valence-corrected chi connectivity index (χ3v) is 2.11. The molecule has 1 unspecified atom stereocenters. The molecule has 0 saturated heterocycles. The number of nitrogens with one attached hydrogen (secondary N) is 2. The molecule has 3 N–H and O–H groups in total. The second kappa shape index (κ2) is 6.24. The van der Waals surface area contributed by atoms with E-state index in [4.69, 9.17) is 5.11 Å². The van der Waals surface area contributed by atoms with Gasteiger partial charge in [0.15, 0.2) is 0 Å². The van der Waals surface area contributed by atoms with Crippen molar-refractivity contribution in [3.8, 4) is 0 Å². The first-order valence-electron chi connectivity index (χ1n) is 5.29. The first-order chi connectivity index (χ1) is 7.22. The molecule has 1 aromatic rings. The normalized spacial score (nSPS) is 12.2. The van der Waals surface area contributed by atoms with Crippen LogP contribution >= 0.6 is 0 Å². The highest BCUT2D eigenvalue weighted by Crippen LogP contribution is 2.08. The second-order valence-electron chi connectivity index (χ2n) is 3.58. The summed E-state index contributed by atoms with van der Waals surface area (Å²) in [6, 6.07) is 5.81. The largest absolute Gasteiger partial charge is 0.393 e. The molecule has 1 heterocycles. The summed E-state index contributed by atoms with van der Waals surface area (Å²) in [5.41, 5.74) is 0. The molecule has 0 aliphatic rings. The smallest absolute Gasteiger partial charge is 0.128 e. The second-order valence-corrected chi connectivity index (χ2v) is 3.58. The summed E-state index contributed by atoms with van der Waals surface area (Å²) < 4.78 is 0. The van der Waals surface area contributed by atoms with E-state index in [2.05, 4.69) is 15.6 Å². The number of aromatic nitrogens is 1. The fourth-order valence-electron chi connectivity index (χ4n) is 1.29. The number of hydrogen-bond acceptors (Lipinski definition) is 4. The molecule has 0 saturated carbocycles. The lowest BCUT2D eigenvalue weighted by atomic mass is 10.2. The number of aliphatic hydroxyl groups is 1. The summed E-state index contributed by atoms with van der Waals surface area (Å²) >= 11 is 0. The van der Waals surface area contributed by atoms with Gasteiger partial charge in [0.1, 0.15) is 11.6 Å². The Morgan fingerprint density at radius 1 is 1.40 bits per heavy atom. The van der Waals surface area contributed by atoms with Crippen LogP contribution in [0, 0.1) is 0 Å². The van der Waals surface area contributed by atoms with Crippen molar-refractivity contribution in [2.75, 3.05) is 24.2 Å². The zero-order valence-corrected chi connectivity index (χ0v) is 9.33. The molecule has 0 bridgehead atoms. The van der Waals surface area contributed by atoms with Crippen molar-refractivity contribution in [3.05, 3.63) is 18.2 Å². The van der Waals surface area contributed by atoms with Crippen molar-refractivity contribution in [1.82, 2.24) is 4.98 Å². The van der Waals surface area contributed by atoms with Crippen molar-refractivity contribution < 1.29 is 5.11 Å². The molecule has 0 aromatic carbocycles. The Morgan fingerprint density at radius 2 is 2.13 bits per heavy atom. The fourth-order valence-corrected chi connectivity index (χ4v) is 1.29. The van der Waals surface area contributed by atoms with Crippen molar-refractivity contribution in [2.24, 2.45) is 0 Å². The molecule has 1 aromatic heterocycles. The Labute approximate surface area is 90.7 Å². The van der Waals surface area contributed by atoms with Gasteiger partial charge in [0.05, 0.1) is 6.10 Å². The summed E-state index contributed by atoms with van der Waals surface area (Å²) in [5, 5.41) is 15.3. The minimum absolute atomic E-state index is 0.219. The average molecular weight is 209 g/mol. The van der Waals surface area contributed by atoms with Crippen LogP contribution in [0.25, 0.3) is 0 Å². The molecule has 0 radical (unpaired) electrons. The average Bonchev–Trinajstić information content (AvgIpc) is 2.24. The molecule has 0 spiro atoms. The van der Waals surface area contributed by atoms with Crippen LogP contribution in [0.4, 0.5) is 11.6 Å². The number of rotatable bonds is 6. The lowest BCUT2D eigenvalue weighted by molar-refractivity contribution is 0.183. The van der Waals surface area contributed by atoms with E-state index in [1.807, 2.05) is 25.2 Å². The molecule has 15 heavy (non-hydrogen) atoms. The van der Waals surface area contributed by atoms with Crippen LogP contribution in [-0.2, 0) is 0 Å². The first kappa shape index (κ1) is 11.8. The zero-order chi connectivity index (χ0) is 11.1. The quantitative estimate of drug-likeness (QED) is 0.624. The minimum atomic E-state index is -0.219. The highest BCUT2D eigenvalue weighted by atomic mass is 16.3. The molecule has 4 nitrogen and oxygen atoms in total. The first-order valence-corrected chi connectivity index (χ1v) is 5.29. The van der Waals surface area contributed by atoms with E-state index >= 15 is 0 Å². The lowest BCUT2D eigenvalue weighted by Gasteiger charge is -2.07. The van der Waals surface area contributed by atoms with Crippen molar-refractivity contribution in [3.63, 3.8) is 0 Å². The maximum absolute atomic E-state index is 9.08. The lowest BCUT2D eigenvalue weighted by Crippen LogP contribution is -2.07. The number of nitrogens with zero attached hydrogens (tertiary/aromatic N) is 1. The Bertz CT molecular complexity index is 289. The van der Waals surface area contributed by atoms with Crippen LogP contribution in [0.1, 0.15) is 19.8 Å². The summed E-state index contributed by atoms with van der Waals surface area (Å²) in [5.74, 6) is 1.72. The highest BCUT2D eigenvalue weighted by molar-refractivity contribution is 5.44. The number of anilines is 2. The van der Waals surface area contributed by atoms with Crippen LogP contribution in [-0.4, -0.2) is 29.8 Å². The van der Waals surface area contributed by atoms with Gasteiger partial charge >= 0.3 is 0 Å². The van der Waals surface area contributed by atoms with E-state index in [1.54, 1.807) is 6.92 Å². The van der Waals surface area contributed by atoms with E-state index in [0.29, 0.717) is 0 Å². The van der Waals surface area contributed by atoms with Crippen molar-refractivity contribution >= 4 is 11.6 Å². The molecule has 0 aliphatic carbocycles. The van der Waals surface area contributed by atoms with E-state index in [1.165, 1.54) is 0 Å². The van der Waals surface area contributed by atoms with E-state index in [9.17, 15) is 0 Å². The van der Waals surface area contributed by atoms with Crippen LogP contribution in [0.3, 0.4) is 0 Å². The Morgan fingerprint density at radius 3 is 2.80 bits per heavy atom. The minimum Gasteiger partial charge on any atom is -0.393 e. The van der Waals surface area contributed by atoms with Crippen molar-refractivity contribution in [1.29, 1.82) is 0 Å². The predicted octanol–water partition coefficient (Wildman–Crippen LogP) is 1.70. The molecular weight excluding hydrogens is 190 g/mol. The number of pyridine rings is 1. The third kappa shape index (κ3) is 4.65. The predicted molar refractivity (Wildman–Crippen MR) is 63.2 cm³/mol. The third-order valence-electron chi connectivity index (χ3n) is 2.11.